The molecule has 0 N–H and O–H groups in total. The third-order valence-corrected chi connectivity index (χ3v) is 2.71. The van der Waals surface area contributed by atoms with Gasteiger partial charge in [0.2, 0.25) is 0 Å². The number of Topliss-reactive ketones (excluding diaryl/α,β-unsaturated/α-hetero) is 1. The minimum absolute atomic E-state index is 0.00156. The first-order valence-corrected chi connectivity index (χ1v) is 5.71. The molecule has 0 saturated carbocycles. The fourth-order valence-corrected chi connectivity index (χ4v) is 1.29. The van der Waals surface area contributed by atoms with Crippen molar-refractivity contribution in [3.8, 4) is 5.75 Å². The van der Waals surface area contributed by atoms with Crippen molar-refractivity contribution in [2.75, 3.05) is 6.61 Å². The largest absolute Gasteiger partial charge is 0.486 e. The Morgan fingerprint density at radius 2 is 2.06 bits per heavy atom. The molecule has 1 rings (SSSR count). The second-order valence-electron chi connectivity index (χ2n) is 4.54. The topological polar surface area (TPSA) is 26.3 Å². The molecule has 1 aromatic rings. The first-order chi connectivity index (χ1) is 7.30. The quantitative estimate of drug-likeness (QED) is 0.850. The summed E-state index contributed by atoms with van der Waals surface area (Å²) in [6.07, 6.45) is 0. The molecule has 0 aliphatic rings. The summed E-state index contributed by atoms with van der Waals surface area (Å²) in [4.78, 5) is 11.6. The Morgan fingerprint density at radius 3 is 2.56 bits per heavy atom. The number of halogens is 2. The summed E-state index contributed by atoms with van der Waals surface area (Å²) >= 11 is 3.05. The van der Waals surface area contributed by atoms with Crippen LogP contribution in [0.3, 0.4) is 0 Å². The van der Waals surface area contributed by atoms with Gasteiger partial charge in [0, 0.05) is 5.41 Å². The molecular formula is C12H14BrFO2. The molecule has 0 aromatic heterocycles. The van der Waals surface area contributed by atoms with Gasteiger partial charge in [-0.1, -0.05) is 20.8 Å². The summed E-state index contributed by atoms with van der Waals surface area (Å²) in [5, 5.41) is 0. The highest BCUT2D eigenvalue weighted by Crippen LogP contribution is 2.22. The number of rotatable bonds is 3. The summed E-state index contributed by atoms with van der Waals surface area (Å²) in [7, 11) is 0. The first-order valence-electron chi connectivity index (χ1n) is 4.92. The van der Waals surface area contributed by atoms with Gasteiger partial charge in [0.05, 0.1) is 4.47 Å². The molecule has 0 bridgehead atoms. The highest BCUT2D eigenvalue weighted by molar-refractivity contribution is 9.10. The smallest absolute Gasteiger partial charge is 0.175 e. The van der Waals surface area contributed by atoms with Crippen molar-refractivity contribution in [1.29, 1.82) is 0 Å². The Morgan fingerprint density at radius 1 is 1.44 bits per heavy atom. The lowest BCUT2D eigenvalue weighted by Gasteiger charge is -2.16. The molecule has 0 spiro atoms. The Bertz CT molecular complexity index is 396. The second kappa shape index (κ2) is 4.95. The number of hydrogen-bond acceptors (Lipinski definition) is 2. The van der Waals surface area contributed by atoms with E-state index in [1.807, 2.05) is 20.8 Å². The molecule has 0 unspecified atom stereocenters. The Hall–Kier alpha value is -0.900. The van der Waals surface area contributed by atoms with Crippen molar-refractivity contribution >= 4 is 21.7 Å². The summed E-state index contributed by atoms with van der Waals surface area (Å²) in [6.45, 7) is 5.50. The second-order valence-corrected chi connectivity index (χ2v) is 5.39. The molecule has 16 heavy (non-hydrogen) atoms. The third kappa shape index (κ3) is 3.59. The van der Waals surface area contributed by atoms with E-state index in [1.165, 1.54) is 18.2 Å². The predicted molar refractivity (Wildman–Crippen MR) is 64.1 cm³/mol. The molecule has 0 radical (unpaired) electrons. The van der Waals surface area contributed by atoms with Gasteiger partial charge in [0.15, 0.2) is 5.78 Å². The zero-order valence-corrected chi connectivity index (χ0v) is 11.1. The highest BCUT2D eigenvalue weighted by atomic mass is 79.9. The molecule has 88 valence electrons. The number of ether oxygens (including phenoxy) is 1. The van der Waals surface area contributed by atoms with Crippen LogP contribution in [-0.2, 0) is 4.79 Å². The van der Waals surface area contributed by atoms with Gasteiger partial charge < -0.3 is 4.74 Å². The number of benzene rings is 1. The van der Waals surface area contributed by atoms with Crippen LogP contribution >= 0.6 is 15.9 Å². The van der Waals surface area contributed by atoms with Gasteiger partial charge in [-0.15, -0.1) is 0 Å². The van der Waals surface area contributed by atoms with E-state index >= 15 is 0 Å². The van der Waals surface area contributed by atoms with Crippen molar-refractivity contribution in [3.63, 3.8) is 0 Å². The molecule has 2 nitrogen and oxygen atoms in total. The zero-order chi connectivity index (χ0) is 12.3. The molecule has 0 aliphatic carbocycles. The predicted octanol–water partition coefficient (Wildman–Crippen LogP) is 3.58. The van der Waals surface area contributed by atoms with Gasteiger partial charge in [-0.05, 0) is 34.1 Å². The van der Waals surface area contributed by atoms with Crippen LogP contribution in [-0.4, -0.2) is 12.4 Å². The summed E-state index contributed by atoms with van der Waals surface area (Å²) in [6, 6.07) is 4.29. The van der Waals surface area contributed by atoms with Crippen molar-refractivity contribution in [1.82, 2.24) is 0 Å². The van der Waals surface area contributed by atoms with E-state index in [-0.39, 0.29) is 18.2 Å². The highest BCUT2D eigenvalue weighted by Gasteiger charge is 2.21. The van der Waals surface area contributed by atoms with Gasteiger partial charge in [-0.25, -0.2) is 4.39 Å². The van der Waals surface area contributed by atoms with E-state index in [0.717, 1.165) is 0 Å². The van der Waals surface area contributed by atoms with E-state index in [1.54, 1.807) is 0 Å². The Balaban J connectivity index is 2.62. The van der Waals surface area contributed by atoms with Gasteiger partial charge in [-0.2, -0.15) is 0 Å². The molecule has 0 heterocycles. The molecule has 4 heteroatoms. The number of carbonyl (C=O) groups excluding carboxylic acids is 1. The van der Waals surface area contributed by atoms with Gasteiger partial charge in [0.25, 0.3) is 0 Å². The average molecular weight is 289 g/mol. The summed E-state index contributed by atoms with van der Waals surface area (Å²) in [5.74, 6) is 0.133. The standard InChI is InChI=1S/C12H14BrFO2/c1-12(2,3)11(15)7-16-8-4-5-10(14)9(13)6-8/h4-6H,7H2,1-3H3. The fourth-order valence-electron chi connectivity index (χ4n) is 0.932. The number of carbonyl (C=O) groups is 1. The Labute approximate surface area is 103 Å². The van der Waals surface area contributed by atoms with Crippen LogP contribution in [0.25, 0.3) is 0 Å². The van der Waals surface area contributed by atoms with Gasteiger partial charge in [0.1, 0.15) is 18.2 Å². The maximum atomic E-state index is 12.9. The SMILES string of the molecule is CC(C)(C)C(=O)COc1ccc(F)c(Br)c1. The molecule has 0 aliphatic heterocycles. The van der Waals surface area contributed by atoms with E-state index in [4.69, 9.17) is 4.74 Å². The lowest BCUT2D eigenvalue weighted by Crippen LogP contribution is -2.26. The zero-order valence-electron chi connectivity index (χ0n) is 9.51. The minimum atomic E-state index is -0.419. The van der Waals surface area contributed by atoms with Crippen LogP contribution in [0.15, 0.2) is 22.7 Å². The molecule has 0 saturated heterocycles. The van der Waals surface area contributed by atoms with Crippen LogP contribution in [0.4, 0.5) is 4.39 Å². The van der Waals surface area contributed by atoms with Crippen LogP contribution in [0.2, 0.25) is 0 Å². The van der Waals surface area contributed by atoms with E-state index in [2.05, 4.69) is 15.9 Å². The molecule has 1 aromatic carbocycles. The number of hydrogen-bond donors (Lipinski definition) is 0. The van der Waals surface area contributed by atoms with Crippen molar-refractivity contribution in [2.45, 2.75) is 20.8 Å². The molecule has 0 fully saturated rings. The normalized spacial score (nSPS) is 11.3. The summed E-state index contributed by atoms with van der Waals surface area (Å²) in [5.41, 5.74) is -0.419. The van der Waals surface area contributed by atoms with Crippen LogP contribution in [0, 0.1) is 11.2 Å². The molecule has 0 atom stereocenters. The maximum absolute atomic E-state index is 12.9. The van der Waals surface area contributed by atoms with Gasteiger partial charge in [-0.3, -0.25) is 4.79 Å². The van der Waals surface area contributed by atoms with Crippen molar-refractivity contribution in [2.24, 2.45) is 5.41 Å². The van der Waals surface area contributed by atoms with Crippen LogP contribution in [0.5, 0.6) is 5.75 Å². The average Bonchev–Trinajstić information content (AvgIpc) is 2.18. The van der Waals surface area contributed by atoms with E-state index in [0.29, 0.717) is 10.2 Å². The fraction of sp³-hybridized carbons (Fsp3) is 0.417. The number of ketones is 1. The third-order valence-electron chi connectivity index (χ3n) is 2.10. The first kappa shape index (κ1) is 13.2. The molecule has 0 amide bonds. The lowest BCUT2D eigenvalue weighted by atomic mass is 9.91. The van der Waals surface area contributed by atoms with E-state index < -0.39 is 5.41 Å². The molecular weight excluding hydrogens is 275 g/mol. The lowest BCUT2D eigenvalue weighted by molar-refractivity contribution is -0.128. The Kier molecular flexibility index (Phi) is 4.08. The van der Waals surface area contributed by atoms with Crippen LogP contribution < -0.4 is 4.74 Å². The van der Waals surface area contributed by atoms with Crippen molar-refractivity contribution in [3.05, 3.63) is 28.5 Å². The summed E-state index contributed by atoms with van der Waals surface area (Å²) < 4.78 is 18.5. The van der Waals surface area contributed by atoms with Crippen molar-refractivity contribution < 1.29 is 13.9 Å². The van der Waals surface area contributed by atoms with Gasteiger partial charge >= 0.3 is 0 Å². The minimum Gasteiger partial charge on any atom is -0.486 e. The van der Waals surface area contributed by atoms with E-state index in [9.17, 15) is 9.18 Å². The maximum Gasteiger partial charge on any atom is 0.175 e. The monoisotopic (exact) mass is 288 g/mol. The van der Waals surface area contributed by atoms with Crippen LogP contribution in [0.1, 0.15) is 20.8 Å².